The van der Waals surface area contributed by atoms with Gasteiger partial charge < -0.3 is 15.2 Å². The standard InChI is InChI=1S/C12H15NO4/c1-8(7-11(14)15)13-12(16)9-5-3-4-6-10(9)17-2/h3-6,8H,7H2,1-2H3,(H,13,16)(H,14,15)/t8-/m1/s1. The van der Waals surface area contributed by atoms with Crippen molar-refractivity contribution in [2.75, 3.05) is 7.11 Å². The Labute approximate surface area is 99.4 Å². The highest BCUT2D eigenvalue weighted by Crippen LogP contribution is 2.17. The van der Waals surface area contributed by atoms with Crippen molar-refractivity contribution in [3.05, 3.63) is 29.8 Å². The van der Waals surface area contributed by atoms with Gasteiger partial charge >= 0.3 is 5.97 Å². The van der Waals surface area contributed by atoms with Gasteiger partial charge in [0.15, 0.2) is 0 Å². The summed E-state index contributed by atoms with van der Waals surface area (Å²) in [5, 5.41) is 11.2. The minimum absolute atomic E-state index is 0.110. The summed E-state index contributed by atoms with van der Waals surface area (Å²) in [4.78, 5) is 22.3. The summed E-state index contributed by atoms with van der Waals surface area (Å²) >= 11 is 0. The molecular weight excluding hydrogens is 222 g/mol. The number of carbonyl (C=O) groups excluding carboxylic acids is 1. The minimum atomic E-state index is -0.946. The van der Waals surface area contributed by atoms with Crippen molar-refractivity contribution in [3.8, 4) is 5.75 Å². The van der Waals surface area contributed by atoms with E-state index in [1.54, 1.807) is 31.2 Å². The van der Waals surface area contributed by atoms with Crippen molar-refractivity contribution in [1.82, 2.24) is 5.32 Å². The Morgan fingerprint density at radius 2 is 2.06 bits per heavy atom. The second-order valence-electron chi connectivity index (χ2n) is 3.67. The SMILES string of the molecule is COc1ccccc1C(=O)N[C@H](C)CC(=O)O. The highest BCUT2D eigenvalue weighted by Gasteiger charge is 2.15. The maximum absolute atomic E-state index is 11.8. The molecule has 0 unspecified atom stereocenters. The lowest BCUT2D eigenvalue weighted by Gasteiger charge is -2.13. The molecule has 92 valence electrons. The Morgan fingerprint density at radius 3 is 2.65 bits per heavy atom. The first kappa shape index (κ1) is 13.0. The first-order chi connectivity index (χ1) is 8.04. The number of carbonyl (C=O) groups is 2. The Bertz CT molecular complexity index is 417. The van der Waals surface area contributed by atoms with Crippen LogP contribution in [-0.2, 0) is 4.79 Å². The number of methoxy groups -OCH3 is 1. The van der Waals surface area contributed by atoms with Crippen molar-refractivity contribution < 1.29 is 19.4 Å². The predicted molar refractivity (Wildman–Crippen MR) is 62.2 cm³/mol. The van der Waals surface area contributed by atoms with Crippen LogP contribution in [0.4, 0.5) is 0 Å². The lowest BCUT2D eigenvalue weighted by Crippen LogP contribution is -2.34. The molecule has 1 atom stereocenters. The molecule has 0 aromatic heterocycles. The van der Waals surface area contributed by atoms with Crippen LogP contribution in [0.5, 0.6) is 5.75 Å². The van der Waals surface area contributed by atoms with Gasteiger partial charge in [0.2, 0.25) is 0 Å². The molecule has 5 nitrogen and oxygen atoms in total. The van der Waals surface area contributed by atoms with E-state index in [4.69, 9.17) is 9.84 Å². The number of ether oxygens (including phenoxy) is 1. The van der Waals surface area contributed by atoms with Gasteiger partial charge in [0.05, 0.1) is 19.1 Å². The number of rotatable bonds is 5. The van der Waals surface area contributed by atoms with E-state index < -0.39 is 12.0 Å². The summed E-state index contributed by atoms with van der Waals surface area (Å²) < 4.78 is 5.05. The summed E-state index contributed by atoms with van der Waals surface area (Å²) in [5.74, 6) is -0.818. The summed E-state index contributed by atoms with van der Waals surface area (Å²) in [6.45, 7) is 1.64. The zero-order valence-electron chi connectivity index (χ0n) is 9.77. The minimum Gasteiger partial charge on any atom is -0.496 e. The maximum Gasteiger partial charge on any atom is 0.305 e. The fourth-order valence-electron chi connectivity index (χ4n) is 1.45. The predicted octanol–water partition coefficient (Wildman–Crippen LogP) is 1.29. The molecule has 0 saturated heterocycles. The van der Waals surface area contributed by atoms with Gasteiger partial charge in [-0.25, -0.2) is 0 Å². The van der Waals surface area contributed by atoms with Crippen LogP contribution in [0.15, 0.2) is 24.3 Å². The molecule has 0 aliphatic rings. The van der Waals surface area contributed by atoms with Gasteiger partial charge in [-0.1, -0.05) is 12.1 Å². The highest BCUT2D eigenvalue weighted by molar-refractivity contribution is 5.97. The van der Waals surface area contributed by atoms with E-state index in [1.807, 2.05) is 0 Å². The van der Waals surface area contributed by atoms with Crippen molar-refractivity contribution >= 4 is 11.9 Å². The van der Waals surface area contributed by atoms with Crippen molar-refractivity contribution in [1.29, 1.82) is 0 Å². The summed E-state index contributed by atoms with van der Waals surface area (Å²) in [6.07, 6.45) is -0.110. The highest BCUT2D eigenvalue weighted by atomic mass is 16.5. The first-order valence-electron chi connectivity index (χ1n) is 5.20. The lowest BCUT2D eigenvalue weighted by molar-refractivity contribution is -0.137. The molecule has 1 aromatic rings. The smallest absolute Gasteiger partial charge is 0.305 e. The van der Waals surface area contributed by atoms with E-state index in [-0.39, 0.29) is 12.3 Å². The Kier molecular flexibility index (Phi) is 4.51. The number of hydrogen-bond acceptors (Lipinski definition) is 3. The van der Waals surface area contributed by atoms with Gasteiger partial charge in [0.1, 0.15) is 5.75 Å². The fourth-order valence-corrected chi connectivity index (χ4v) is 1.45. The summed E-state index contributed by atoms with van der Waals surface area (Å²) in [7, 11) is 1.48. The largest absolute Gasteiger partial charge is 0.496 e. The van der Waals surface area contributed by atoms with Crippen molar-refractivity contribution in [3.63, 3.8) is 0 Å². The molecule has 0 heterocycles. The molecule has 0 spiro atoms. The number of carboxylic acids is 1. The van der Waals surface area contributed by atoms with E-state index in [0.29, 0.717) is 11.3 Å². The Balaban J connectivity index is 2.72. The van der Waals surface area contributed by atoms with Gasteiger partial charge in [-0.3, -0.25) is 9.59 Å². The van der Waals surface area contributed by atoms with Crippen LogP contribution in [0.25, 0.3) is 0 Å². The first-order valence-corrected chi connectivity index (χ1v) is 5.20. The molecule has 0 fully saturated rings. The number of hydrogen-bond donors (Lipinski definition) is 2. The Morgan fingerprint density at radius 1 is 1.41 bits per heavy atom. The van der Waals surface area contributed by atoms with E-state index in [1.165, 1.54) is 7.11 Å². The molecule has 5 heteroatoms. The van der Waals surface area contributed by atoms with Gasteiger partial charge in [0, 0.05) is 6.04 Å². The number of amides is 1. The number of nitrogens with one attached hydrogen (secondary N) is 1. The number of carboxylic acid groups (broad SMARTS) is 1. The number of para-hydroxylation sites is 1. The zero-order chi connectivity index (χ0) is 12.8. The van der Waals surface area contributed by atoms with E-state index >= 15 is 0 Å². The topological polar surface area (TPSA) is 75.6 Å². The van der Waals surface area contributed by atoms with Crippen LogP contribution in [-0.4, -0.2) is 30.1 Å². The molecule has 2 N–H and O–H groups in total. The molecule has 17 heavy (non-hydrogen) atoms. The molecule has 0 aliphatic heterocycles. The van der Waals surface area contributed by atoms with Crippen LogP contribution >= 0.6 is 0 Å². The van der Waals surface area contributed by atoms with Crippen LogP contribution < -0.4 is 10.1 Å². The molecule has 0 bridgehead atoms. The number of benzene rings is 1. The van der Waals surface area contributed by atoms with Crippen molar-refractivity contribution in [2.45, 2.75) is 19.4 Å². The van der Waals surface area contributed by atoms with Gasteiger partial charge in [-0.2, -0.15) is 0 Å². The molecular formula is C12H15NO4. The Hall–Kier alpha value is -2.04. The van der Waals surface area contributed by atoms with Crippen LogP contribution in [0.2, 0.25) is 0 Å². The average molecular weight is 237 g/mol. The zero-order valence-corrected chi connectivity index (χ0v) is 9.77. The molecule has 0 aliphatic carbocycles. The molecule has 1 rings (SSSR count). The maximum atomic E-state index is 11.8. The third-order valence-electron chi connectivity index (χ3n) is 2.21. The average Bonchev–Trinajstić information content (AvgIpc) is 2.27. The van der Waals surface area contributed by atoms with Gasteiger partial charge in [-0.15, -0.1) is 0 Å². The van der Waals surface area contributed by atoms with Crippen LogP contribution in [0, 0.1) is 0 Å². The van der Waals surface area contributed by atoms with Crippen LogP contribution in [0.1, 0.15) is 23.7 Å². The van der Waals surface area contributed by atoms with Gasteiger partial charge in [0.25, 0.3) is 5.91 Å². The molecule has 1 amide bonds. The monoisotopic (exact) mass is 237 g/mol. The third-order valence-corrected chi connectivity index (χ3v) is 2.21. The normalized spacial score (nSPS) is 11.6. The summed E-state index contributed by atoms with van der Waals surface area (Å²) in [5.41, 5.74) is 0.396. The third kappa shape index (κ3) is 3.79. The second kappa shape index (κ2) is 5.89. The van der Waals surface area contributed by atoms with E-state index in [2.05, 4.69) is 5.32 Å². The molecule has 0 saturated carbocycles. The van der Waals surface area contributed by atoms with Crippen molar-refractivity contribution in [2.24, 2.45) is 0 Å². The van der Waals surface area contributed by atoms with E-state index in [9.17, 15) is 9.59 Å². The van der Waals surface area contributed by atoms with E-state index in [0.717, 1.165) is 0 Å². The molecule has 1 aromatic carbocycles. The fraction of sp³-hybridized carbons (Fsp3) is 0.333. The lowest BCUT2D eigenvalue weighted by atomic mass is 10.1. The molecule has 0 radical (unpaired) electrons. The summed E-state index contributed by atoms with van der Waals surface area (Å²) in [6, 6.07) is 6.36. The second-order valence-corrected chi connectivity index (χ2v) is 3.67. The number of aliphatic carboxylic acids is 1. The van der Waals surface area contributed by atoms with Crippen LogP contribution in [0.3, 0.4) is 0 Å². The van der Waals surface area contributed by atoms with Gasteiger partial charge in [-0.05, 0) is 19.1 Å². The quantitative estimate of drug-likeness (QED) is 0.809.